The Labute approximate surface area is 122 Å². The highest BCUT2D eigenvalue weighted by Crippen LogP contribution is 2.21. The van der Waals surface area contributed by atoms with Gasteiger partial charge in [-0.15, -0.1) is 0 Å². The first-order valence-corrected chi connectivity index (χ1v) is 7.27. The van der Waals surface area contributed by atoms with Crippen LogP contribution in [0.2, 0.25) is 0 Å². The zero-order valence-electron chi connectivity index (χ0n) is 9.53. The summed E-state index contributed by atoms with van der Waals surface area (Å²) in [5.41, 5.74) is 0. The Morgan fingerprint density at radius 2 is 0.944 bits per heavy atom. The lowest BCUT2D eigenvalue weighted by molar-refractivity contribution is 1.40. The summed E-state index contributed by atoms with van der Waals surface area (Å²) in [7, 11) is 0. The average Bonchev–Trinajstić information content (AvgIpc) is 2.39. The van der Waals surface area contributed by atoms with E-state index in [2.05, 4.69) is 92.5 Å². The van der Waals surface area contributed by atoms with Crippen molar-refractivity contribution in [2.24, 2.45) is 0 Å². The van der Waals surface area contributed by atoms with Crippen LogP contribution >= 0.6 is 31.9 Å². The van der Waals surface area contributed by atoms with Crippen LogP contribution in [-0.4, -0.2) is 0 Å². The summed E-state index contributed by atoms with van der Waals surface area (Å²) in [6.07, 6.45) is 4.29. The number of rotatable bonds is 0. The van der Waals surface area contributed by atoms with Crippen molar-refractivity contribution in [3.8, 4) is 0 Å². The van der Waals surface area contributed by atoms with Crippen LogP contribution in [0.4, 0.5) is 0 Å². The van der Waals surface area contributed by atoms with Crippen LogP contribution in [0.25, 0.3) is 12.2 Å². The molecular weight excluding hydrogens is 352 g/mol. The molecule has 1 aliphatic rings. The third kappa shape index (κ3) is 2.11. The van der Waals surface area contributed by atoms with Crippen molar-refractivity contribution in [2.75, 3.05) is 0 Å². The monoisotopic (exact) mass is 360 g/mol. The highest BCUT2D eigenvalue weighted by molar-refractivity contribution is 9.14. The van der Waals surface area contributed by atoms with E-state index < -0.39 is 0 Å². The molecule has 88 valence electrons. The van der Waals surface area contributed by atoms with Gasteiger partial charge in [0.1, 0.15) is 0 Å². The smallest absolute Gasteiger partial charge is 0.0323 e. The molecule has 0 N–H and O–H groups in total. The Morgan fingerprint density at radius 1 is 0.556 bits per heavy atom. The minimum atomic E-state index is 1.06. The lowest BCUT2D eigenvalue weighted by Crippen LogP contribution is -2.11. The second-order valence-corrected chi connectivity index (χ2v) is 5.87. The van der Waals surface area contributed by atoms with Crippen molar-refractivity contribution < 1.29 is 0 Å². The fourth-order valence-corrected chi connectivity index (χ4v) is 2.87. The molecule has 3 rings (SSSR count). The van der Waals surface area contributed by atoms with Crippen LogP contribution in [0.15, 0.2) is 57.5 Å². The van der Waals surface area contributed by atoms with Crippen LogP contribution in [-0.2, 0) is 0 Å². The molecule has 0 heterocycles. The van der Waals surface area contributed by atoms with Crippen molar-refractivity contribution in [1.29, 1.82) is 0 Å². The molecule has 0 spiro atoms. The van der Waals surface area contributed by atoms with E-state index in [1.54, 1.807) is 0 Å². The molecule has 2 heteroatoms. The first-order valence-electron chi connectivity index (χ1n) is 5.69. The van der Waals surface area contributed by atoms with Gasteiger partial charge in [-0.1, -0.05) is 48.5 Å². The van der Waals surface area contributed by atoms with E-state index in [0.717, 1.165) is 8.96 Å². The quantitative estimate of drug-likeness (QED) is 0.673. The second-order valence-electron chi connectivity index (χ2n) is 4.16. The van der Waals surface area contributed by atoms with Crippen molar-refractivity contribution in [3.63, 3.8) is 0 Å². The maximum atomic E-state index is 3.61. The Morgan fingerprint density at radius 3 is 1.39 bits per heavy atom. The van der Waals surface area contributed by atoms with Crippen molar-refractivity contribution in [1.82, 2.24) is 0 Å². The molecule has 2 aromatic carbocycles. The Kier molecular flexibility index (Phi) is 3.23. The second kappa shape index (κ2) is 4.87. The molecule has 0 radical (unpaired) electrons. The SMILES string of the molecule is BrC1=C(Br)/C=c2/cccc/c2=c2\cccc\c2=C\1. The first kappa shape index (κ1) is 11.9. The summed E-state index contributed by atoms with van der Waals surface area (Å²) in [6.45, 7) is 0. The van der Waals surface area contributed by atoms with Gasteiger partial charge in [0.05, 0.1) is 0 Å². The van der Waals surface area contributed by atoms with Crippen LogP contribution in [0.5, 0.6) is 0 Å². The van der Waals surface area contributed by atoms with Crippen LogP contribution in [0.3, 0.4) is 0 Å². The van der Waals surface area contributed by atoms with Gasteiger partial charge in [0, 0.05) is 8.96 Å². The van der Waals surface area contributed by atoms with E-state index in [1.807, 2.05) is 0 Å². The summed E-state index contributed by atoms with van der Waals surface area (Å²) in [4.78, 5) is 0. The molecule has 0 atom stereocenters. The summed E-state index contributed by atoms with van der Waals surface area (Å²) in [5, 5.41) is 4.98. The summed E-state index contributed by atoms with van der Waals surface area (Å²) < 4.78 is 2.12. The summed E-state index contributed by atoms with van der Waals surface area (Å²) in [6, 6.07) is 16.9. The molecular formula is C16H10Br2. The van der Waals surface area contributed by atoms with Crippen molar-refractivity contribution in [2.45, 2.75) is 0 Å². The van der Waals surface area contributed by atoms with Crippen molar-refractivity contribution in [3.05, 3.63) is 78.4 Å². The van der Waals surface area contributed by atoms with E-state index in [1.165, 1.54) is 20.9 Å². The molecule has 0 fully saturated rings. The average molecular weight is 362 g/mol. The van der Waals surface area contributed by atoms with Gasteiger partial charge in [-0.2, -0.15) is 0 Å². The first-order chi connectivity index (χ1) is 8.75. The zero-order valence-corrected chi connectivity index (χ0v) is 12.7. The number of fused-ring (bicyclic) bond motifs is 2. The van der Waals surface area contributed by atoms with Gasteiger partial charge in [-0.25, -0.2) is 0 Å². The lowest BCUT2D eigenvalue weighted by Gasteiger charge is -2.01. The molecule has 1 aliphatic carbocycles. The van der Waals surface area contributed by atoms with Gasteiger partial charge in [0.2, 0.25) is 0 Å². The number of halogens is 2. The zero-order chi connectivity index (χ0) is 12.5. The fourth-order valence-electron chi connectivity index (χ4n) is 2.15. The molecule has 2 aromatic rings. The highest BCUT2D eigenvalue weighted by atomic mass is 79.9. The number of benzene rings is 2. The van der Waals surface area contributed by atoms with E-state index in [9.17, 15) is 0 Å². The van der Waals surface area contributed by atoms with Crippen LogP contribution in [0, 0.1) is 10.4 Å². The third-order valence-electron chi connectivity index (χ3n) is 3.00. The molecule has 0 nitrogen and oxygen atoms in total. The van der Waals surface area contributed by atoms with Crippen molar-refractivity contribution >= 4 is 44.0 Å². The number of allylic oxidation sites excluding steroid dienone is 2. The van der Waals surface area contributed by atoms with E-state index in [0.29, 0.717) is 0 Å². The normalized spacial score (nSPS) is 23.4. The molecule has 0 amide bonds. The maximum Gasteiger partial charge on any atom is 0.0323 e. The predicted octanol–water partition coefficient (Wildman–Crippen LogP) is 3.55. The predicted molar refractivity (Wildman–Crippen MR) is 83.6 cm³/mol. The summed E-state index contributed by atoms with van der Waals surface area (Å²) in [5.74, 6) is 0. The minimum absolute atomic E-state index is 1.06. The molecule has 0 saturated heterocycles. The molecule has 18 heavy (non-hydrogen) atoms. The van der Waals surface area contributed by atoms with Gasteiger partial charge in [-0.3, -0.25) is 0 Å². The van der Waals surface area contributed by atoms with Gasteiger partial charge >= 0.3 is 0 Å². The van der Waals surface area contributed by atoms with Gasteiger partial charge in [0.25, 0.3) is 0 Å². The molecule has 0 unspecified atom stereocenters. The van der Waals surface area contributed by atoms with E-state index in [4.69, 9.17) is 0 Å². The molecule has 0 bridgehead atoms. The Hall–Kier alpha value is -1.12. The Bertz CT molecular complexity index is 774. The maximum absolute atomic E-state index is 3.61. The Balaban J connectivity index is 2.71. The lowest BCUT2D eigenvalue weighted by atomic mass is 10.1. The standard InChI is InChI=1S/C16H10Br2/c17-15-9-11-5-1-3-7-13(11)14-8-4-2-6-12(14)10-16(15)18/h1-10H/b11-9-,12-10-,14-13-,15-9?,16-10?,16-15-. The van der Waals surface area contributed by atoms with Crippen LogP contribution in [0.1, 0.15) is 0 Å². The number of hydrogen-bond donors (Lipinski definition) is 0. The van der Waals surface area contributed by atoms with Gasteiger partial charge < -0.3 is 0 Å². The topological polar surface area (TPSA) is 0 Å². The minimum Gasteiger partial charge on any atom is -0.0616 e. The largest absolute Gasteiger partial charge is 0.0616 e. The van der Waals surface area contributed by atoms with Gasteiger partial charge in [0.15, 0.2) is 0 Å². The van der Waals surface area contributed by atoms with Gasteiger partial charge in [-0.05, 0) is 64.9 Å². The summed E-state index contributed by atoms with van der Waals surface area (Å²) >= 11 is 7.21. The fraction of sp³-hybridized carbons (Fsp3) is 0. The highest BCUT2D eigenvalue weighted by Gasteiger charge is 1.99. The third-order valence-corrected chi connectivity index (χ3v) is 4.85. The molecule has 0 aliphatic heterocycles. The van der Waals surface area contributed by atoms with E-state index in [-0.39, 0.29) is 0 Å². The molecule has 0 aromatic heterocycles. The number of hydrogen-bond acceptors (Lipinski definition) is 0. The van der Waals surface area contributed by atoms with E-state index >= 15 is 0 Å². The van der Waals surface area contributed by atoms with Crippen LogP contribution < -0.4 is 10.4 Å². The molecule has 0 saturated carbocycles.